The zero-order valence-corrected chi connectivity index (χ0v) is 19.6. The van der Waals surface area contributed by atoms with E-state index >= 15 is 0 Å². The van der Waals surface area contributed by atoms with E-state index in [1.54, 1.807) is 43.7 Å². The first-order chi connectivity index (χ1) is 16.3. The lowest BCUT2D eigenvalue weighted by Crippen LogP contribution is -2.33. The van der Waals surface area contributed by atoms with Gasteiger partial charge in [0.05, 0.1) is 19.0 Å². The van der Waals surface area contributed by atoms with Crippen molar-refractivity contribution in [3.8, 4) is 5.75 Å². The summed E-state index contributed by atoms with van der Waals surface area (Å²) >= 11 is 0. The number of aliphatic carboxylic acids is 1. The number of nitrogen functional groups attached to an aromatic ring is 1. The molecular weight excluding hydrogens is 461 g/mol. The van der Waals surface area contributed by atoms with Crippen molar-refractivity contribution < 1.29 is 23.5 Å². The minimum Gasteiger partial charge on any atom is -0.480 e. The van der Waals surface area contributed by atoms with Crippen LogP contribution in [0.1, 0.15) is 19.4 Å². The Morgan fingerprint density at radius 1 is 1.32 bits per heavy atom. The molecule has 0 bridgehead atoms. The van der Waals surface area contributed by atoms with E-state index in [2.05, 4.69) is 25.4 Å². The van der Waals surface area contributed by atoms with E-state index in [0.717, 1.165) is 0 Å². The van der Waals surface area contributed by atoms with Crippen LogP contribution in [-0.2, 0) is 13.9 Å². The average Bonchev–Trinajstić information content (AvgIpc) is 3.44. The van der Waals surface area contributed by atoms with Crippen LogP contribution in [0.5, 0.6) is 5.75 Å². The van der Waals surface area contributed by atoms with Gasteiger partial charge in [0.1, 0.15) is 11.8 Å². The third-order valence-electron chi connectivity index (χ3n) is 5.33. The molecule has 0 saturated carbocycles. The van der Waals surface area contributed by atoms with Gasteiger partial charge < -0.3 is 25.2 Å². The van der Waals surface area contributed by atoms with Gasteiger partial charge in [0, 0.05) is 13.0 Å². The number of carbonyl (C=O) groups is 1. The fourth-order valence-electron chi connectivity index (χ4n) is 3.63. The van der Waals surface area contributed by atoms with Crippen molar-refractivity contribution in [2.75, 3.05) is 24.7 Å². The maximum absolute atomic E-state index is 13.4. The summed E-state index contributed by atoms with van der Waals surface area (Å²) in [4.78, 5) is 24.2. The summed E-state index contributed by atoms with van der Waals surface area (Å²) < 4.78 is 26.5. The summed E-state index contributed by atoms with van der Waals surface area (Å²) in [5, 5.41) is 14.7. The zero-order valence-electron chi connectivity index (χ0n) is 18.7. The Bertz CT molecular complexity index is 1250. The van der Waals surface area contributed by atoms with Gasteiger partial charge in [0.2, 0.25) is 5.95 Å². The van der Waals surface area contributed by atoms with Gasteiger partial charge in [0.15, 0.2) is 17.0 Å². The van der Waals surface area contributed by atoms with Crippen LogP contribution in [0.15, 0.2) is 48.8 Å². The topological polar surface area (TPSA) is 167 Å². The molecule has 1 aliphatic rings. The number of hydrogen-bond acceptors (Lipinski definition) is 9. The molecule has 34 heavy (non-hydrogen) atoms. The van der Waals surface area contributed by atoms with Crippen molar-refractivity contribution in [3.63, 3.8) is 0 Å². The van der Waals surface area contributed by atoms with Crippen molar-refractivity contribution in [2.24, 2.45) is 5.92 Å². The van der Waals surface area contributed by atoms with Gasteiger partial charge >= 0.3 is 13.7 Å². The predicted octanol–water partition coefficient (Wildman–Crippen LogP) is 2.83. The molecule has 12 nitrogen and oxygen atoms in total. The molecule has 0 fully saturated rings. The summed E-state index contributed by atoms with van der Waals surface area (Å²) in [5.41, 5.74) is 7.05. The molecule has 1 unspecified atom stereocenters. The molecule has 0 amide bonds. The van der Waals surface area contributed by atoms with Gasteiger partial charge in [-0.2, -0.15) is 15.1 Å². The zero-order chi connectivity index (χ0) is 24.3. The predicted molar refractivity (Wildman–Crippen MR) is 126 cm³/mol. The van der Waals surface area contributed by atoms with E-state index in [-0.39, 0.29) is 24.5 Å². The van der Waals surface area contributed by atoms with E-state index in [0.29, 0.717) is 29.2 Å². The van der Waals surface area contributed by atoms with Crippen molar-refractivity contribution in [2.45, 2.75) is 25.4 Å². The molecule has 2 heterocycles. The lowest BCUT2D eigenvalue weighted by molar-refractivity contribution is -0.138. The van der Waals surface area contributed by atoms with Gasteiger partial charge in [-0.05, 0) is 25.5 Å². The quantitative estimate of drug-likeness (QED) is 0.245. The lowest BCUT2D eigenvalue weighted by atomic mass is 10.1. The summed E-state index contributed by atoms with van der Waals surface area (Å²) in [6.07, 6.45) is 6.25. The number of nitrogens with zero attached hydrogens (tertiary/aromatic N) is 4. The van der Waals surface area contributed by atoms with E-state index in [1.165, 1.54) is 6.92 Å². The van der Waals surface area contributed by atoms with Crippen molar-refractivity contribution in [1.29, 1.82) is 0 Å². The summed E-state index contributed by atoms with van der Waals surface area (Å²) in [7, 11) is -2.23. The monoisotopic (exact) mass is 487 g/mol. The minimum atomic E-state index is -3.97. The number of nitrogens with two attached hydrogens (primary N) is 1. The number of allylic oxidation sites excluding steroid dienone is 1. The molecular formula is C21H26N7O5P. The Hall–Kier alpha value is -3.47. The van der Waals surface area contributed by atoms with Gasteiger partial charge in [-0.25, -0.2) is 9.55 Å². The van der Waals surface area contributed by atoms with Gasteiger partial charge in [-0.1, -0.05) is 30.4 Å². The number of carboxylic acids is 1. The van der Waals surface area contributed by atoms with Crippen molar-refractivity contribution in [1.82, 2.24) is 24.6 Å². The third-order valence-corrected chi connectivity index (χ3v) is 6.98. The van der Waals surface area contributed by atoms with Crippen LogP contribution >= 0.6 is 7.75 Å². The molecule has 4 rings (SSSR count). The molecule has 0 radical (unpaired) electrons. The Labute approximate surface area is 195 Å². The van der Waals surface area contributed by atoms with E-state index < -0.39 is 19.8 Å². The molecule has 1 aromatic carbocycles. The van der Waals surface area contributed by atoms with Gasteiger partial charge in [-0.3, -0.25) is 9.32 Å². The van der Waals surface area contributed by atoms with Crippen molar-refractivity contribution in [3.05, 3.63) is 48.8 Å². The molecule has 0 saturated heterocycles. The SMILES string of the molecule is CNc1nc(N)nc2c1ncn2[C@H]1C=C[C@@H](COP(=O)(N[C@H](C)C(=O)O)Oc2ccccc2)C1. The lowest BCUT2D eigenvalue weighted by Gasteiger charge is -2.23. The minimum absolute atomic E-state index is 0.0575. The number of fused-ring (bicyclic) bond motifs is 1. The largest absolute Gasteiger partial charge is 0.480 e. The van der Waals surface area contributed by atoms with Crippen LogP contribution in [0.25, 0.3) is 11.2 Å². The molecule has 180 valence electrons. The van der Waals surface area contributed by atoms with Crippen LogP contribution in [0.2, 0.25) is 0 Å². The number of benzene rings is 1. The number of rotatable bonds is 10. The molecule has 0 aliphatic heterocycles. The maximum atomic E-state index is 13.4. The van der Waals surface area contributed by atoms with E-state index in [4.69, 9.17) is 14.8 Å². The molecule has 2 aromatic heterocycles. The fraction of sp³-hybridized carbons (Fsp3) is 0.333. The first-order valence-corrected chi connectivity index (χ1v) is 12.2. The molecule has 1 aliphatic carbocycles. The van der Waals surface area contributed by atoms with Crippen LogP contribution < -0.4 is 20.7 Å². The number of aromatic nitrogens is 4. The van der Waals surface area contributed by atoms with Crippen molar-refractivity contribution >= 4 is 36.6 Å². The summed E-state index contributed by atoms with van der Waals surface area (Å²) in [5.74, 6) is -0.285. The number of para-hydroxylation sites is 1. The Morgan fingerprint density at radius 2 is 2.09 bits per heavy atom. The second-order valence-corrected chi connectivity index (χ2v) is 9.53. The highest BCUT2D eigenvalue weighted by molar-refractivity contribution is 7.52. The van der Waals surface area contributed by atoms with Crippen LogP contribution in [0, 0.1) is 5.92 Å². The first kappa shape index (κ1) is 23.7. The third kappa shape index (κ3) is 5.19. The molecule has 4 atom stereocenters. The average molecular weight is 487 g/mol. The molecule has 0 spiro atoms. The molecule has 13 heteroatoms. The van der Waals surface area contributed by atoms with Gasteiger partial charge in [-0.15, -0.1) is 0 Å². The second-order valence-electron chi connectivity index (χ2n) is 7.84. The standard InChI is InChI=1S/C21H26N7O5P/c1-13(20(29)30)27-34(31,33-16-6-4-3-5-7-16)32-11-14-8-9-15(10-14)28-12-24-17-18(23-2)25-21(22)26-19(17)28/h3-9,12-15H,10-11H2,1-2H3,(H,27,31)(H,29,30)(H3,22,23,25,26)/t13-,14-,15+,34?/m1/s1. The second kappa shape index (κ2) is 9.80. The number of anilines is 2. The smallest absolute Gasteiger partial charge is 0.459 e. The van der Waals surface area contributed by atoms with E-state index in [9.17, 15) is 14.5 Å². The summed E-state index contributed by atoms with van der Waals surface area (Å²) in [6.45, 7) is 1.43. The normalized spacial score (nSPS) is 20.2. The number of carboxylic acid groups (broad SMARTS) is 1. The molecule has 3 aromatic rings. The number of hydrogen-bond donors (Lipinski definition) is 4. The van der Waals surface area contributed by atoms with Gasteiger partial charge in [0.25, 0.3) is 0 Å². The Balaban J connectivity index is 1.46. The van der Waals surface area contributed by atoms with Crippen LogP contribution in [0.3, 0.4) is 0 Å². The Kier molecular flexibility index (Phi) is 6.82. The summed E-state index contributed by atoms with van der Waals surface area (Å²) in [6, 6.07) is 7.25. The highest BCUT2D eigenvalue weighted by Crippen LogP contribution is 2.46. The maximum Gasteiger partial charge on any atom is 0.459 e. The van der Waals surface area contributed by atoms with Crippen LogP contribution in [-0.4, -0.2) is 50.3 Å². The Morgan fingerprint density at radius 3 is 2.79 bits per heavy atom. The molecule has 5 N–H and O–H groups in total. The number of nitrogens with one attached hydrogen (secondary N) is 2. The van der Waals surface area contributed by atoms with Crippen LogP contribution in [0.4, 0.5) is 11.8 Å². The fourth-order valence-corrected chi connectivity index (χ4v) is 5.18. The highest BCUT2D eigenvalue weighted by atomic mass is 31.2. The highest BCUT2D eigenvalue weighted by Gasteiger charge is 2.33. The number of imidazole rings is 1. The first-order valence-electron chi connectivity index (χ1n) is 10.6. The van der Waals surface area contributed by atoms with E-state index in [1.807, 2.05) is 16.7 Å².